The number of nitrogens with zero attached hydrogens (tertiary/aromatic N) is 4. The van der Waals surface area contributed by atoms with Crippen molar-refractivity contribution in [3.63, 3.8) is 0 Å². The maximum atomic E-state index is 13.0. The number of rotatable bonds is 5. The molecule has 2 aromatic heterocycles. The highest BCUT2D eigenvalue weighted by atomic mass is 32.2. The summed E-state index contributed by atoms with van der Waals surface area (Å²) in [6.07, 6.45) is 7.90. The van der Waals surface area contributed by atoms with Gasteiger partial charge in [0.2, 0.25) is 0 Å². The van der Waals surface area contributed by atoms with Crippen LogP contribution in [0, 0.1) is 0 Å². The summed E-state index contributed by atoms with van der Waals surface area (Å²) in [5.41, 5.74) is 3.88. The second-order valence-electron chi connectivity index (χ2n) is 10.5. The van der Waals surface area contributed by atoms with Crippen LogP contribution in [-0.4, -0.2) is 80.8 Å². The van der Waals surface area contributed by atoms with Crippen molar-refractivity contribution in [2.75, 3.05) is 49.5 Å². The Hall–Kier alpha value is -2.76. The zero-order valence-corrected chi connectivity index (χ0v) is 21.8. The summed E-state index contributed by atoms with van der Waals surface area (Å²) < 4.78 is 42.0. The van der Waals surface area contributed by atoms with Crippen LogP contribution in [0.5, 0.6) is 5.75 Å². The Balaban J connectivity index is 1.61. The van der Waals surface area contributed by atoms with Gasteiger partial charge in [0.1, 0.15) is 17.0 Å². The molecule has 0 unspecified atom stereocenters. The Morgan fingerprint density at radius 1 is 1.11 bits per heavy atom. The van der Waals surface area contributed by atoms with Crippen molar-refractivity contribution in [1.29, 1.82) is 0 Å². The lowest BCUT2D eigenvalue weighted by molar-refractivity contribution is 0.0211. The van der Waals surface area contributed by atoms with E-state index >= 15 is 0 Å². The highest BCUT2D eigenvalue weighted by Gasteiger charge is 2.44. The van der Waals surface area contributed by atoms with E-state index in [1.807, 2.05) is 12.3 Å². The van der Waals surface area contributed by atoms with Crippen molar-refractivity contribution >= 4 is 27.4 Å². The largest absolute Gasteiger partial charge is 0.486 e. The molecule has 1 aliphatic carbocycles. The molecule has 36 heavy (non-hydrogen) atoms. The molecule has 1 N–H and O–H groups in total. The van der Waals surface area contributed by atoms with E-state index in [1.54, 1.807) is 13.8 Å². The predicted molar refractivity (Wildman–Crippen MR) is 136 cm³/mol. The summed E-state index contributed by atoms with van der Waals surface area (Å²) in [5, 5.41) is 3.52. The van der Waals surface area contributed by atoms with Crippen molar-refractivity contribution in [2.24, 2.45) is 0 Å². The van der Waals surface area contributed by atoms with E-state index < -0.39 is 14.6 Å². The average Bonchev–Trinajstić information content (AvgIpc) is 3.28. The van der Waals surface area contributed by atoms with Gasteiger partial charge in [-0.2, -0.15) is 0 Å². The molecule has 5 heterocycles. The van der Waals surface area contributed by atoms with E-state index in [4.69, 9.17) is 24.2 Å². The van der Waals surface area contributed by atoms with Crippen LogP contribution in [0.2, 0.25) is 0 Å². The second-order valence-corrected chi connectivity index (χ2v) is 13.0. The van der Waals surface area contributed by atoms with Gasteiger partial charge in [-0.05, 0) is 20.8 Å². The van der Waals surface area contributed by atoms with Gasteiger partial charge in [-0.3, -0.25) is 4.98 Å². The van der Waals surface area contributed by atoms with Crippen molar-refractivity contribution in [3.05, 3.63) is 29.2 Å². The summed E-state index contributed by atoms with van der Waals surface area (Å²) in [5.74, 6) is 1.50. The fourth-order valence-electron chi connectivity index (χ4n) is 5.11. The van der Waals surface area contributed by atoms with Crippen LogP contribution in [-0.2, 0) is 30.5 Å². The van der Waals surface area contributed by atoms with Gasteiger partial charge in [0.25, 0.3) is 0 Å². The average molecular weight is 514 g/mol. The van der Waals surface area contributed by atoms with Crippen LogP contribution in [0.15, 0.2) is 12.3 Å². The molecule has 0 spiro atoms. The first-order chi connectivity index (χ1) is 17.1. The fraction of sp³-hybridized carbons (Fsp3) is 0.560. The van der Waals surface area contributed by atoms with Crippen LogP contribution >= 0.6 is 0 Å². The van der Waals surface area contributed by atoms with Gasteiger partial charge in [0.15, 0.2) is 27.2 Å². The SMILES string of the molecule is C[C@@H]1COC[C@H]2COc3c(nc(-c4c(NC5COC5)cnc5c4C=CC5)nc3C(C)(C)S(C)(=O)=O)N21. The monoisotopic (exact) mass is 513 g/mol. The molecule has 4 aliphatic rings. The highest BCUT2D eigenvalue weighted by Crippen LogP contribution is 2.46. The zero-order chi connectivity index (χ0) is 25.2. The normalized spacial score (nSPS) is 23.4. The summed E-state index contributed by atoms with van der Waals surface area (Å²) >= 11 is 0. The summed E-state index contributed by atoms with van der Waals surface area (Å²) in [6, 6.07) is 0.215. The topological polar surface area (TPSA) is 116 Å². The highest BCUT2D eigenvalue weighted by molar-refractivity contribution is 7.91. The number of allylic oxidation sites excluding steroid dienone is 1. The molecule has 0 aromatic carbocycles. The van der Waals surface area contributed by atoms with Crippen LogP contribution < -0.4 is 15.0 Å². The molecule has 11 heteroatoms. The lowest BCUT2D eigenvalue weighted by Gasteiger charge is -2.45. The molecule has 0 radical (unpaired) electrons. The van der Waals surface area contributed by atoms with E-state index in [2.05, 4.69) is 28.2 Å². The van der Waals surface area contributed by atoms with Crippen molar-refractivity contribution in [3.8, 4) is 17.1 Å². The molecular formula is C25H31N5O5S. The van der Waals surface area contributed by atoms with Gasteiger partial charge in [-0.15, -0.1) is 0 Å². The molecule has 10 nitrogen and oxygen atoms in total. The molecule has 0 amide bonds. The van der Waals surface area contributed by atoms with E-state index in [0.717, 1.165) is 28.9 Å². The number of morpholine rings is 1. The first-order valence-electron chi connectivity index (χ1n) is 12.3. The molecule has 6 rings (SSSR count). The number of nitrogens with one attached hydrogen (secondary N) is 1. The Kier molecular flexibility index (Phi) is 5.51. The minimum absolute atomic E-state index is 0.00836. The first kappa shape index (κ1) is 23.6. The van der Waals surface area contributed by atoms with Crippen LogP contribution in [0.3, 0.4) is 0 Å². The van der Waals surface area contributed by atoms with E-state index in [1.165, 1.54) is 6.26 Å². The Bertz CT molecular complexity index is 1360. The van der Waals surface area contributed by atoms with Gasteiger partial charge in [-0.1, -0.05) is 12.2 Å². The smallest absolute Gasteiger partial charge is 0.185 e. The minimum atomic E-state index is -3.54. The van der Waals surface area contributed by atoms with Gasteiger partial charge in [0, 0.05) is 18.2 Å². The van der Waals surface area contributed by atoms with Crippen molar-refractivity contribution < 1.29 is 22.6 Å². The lowest BCUT2D eigenvalue weighted by Crippen LogP contribution is -2.56. The Morgan fingerprint density at radius 2 is 1.89 bits per heavy atom. The molecule has 3 aliphatic heterocycles. The van der Waals surface area contributed by atoms with Gasteiger partial charge in [0.05, 0.1) is 67.7 Å². The maximum Gasteiger partial charge on any atom is 0.185 e. The number of hydrogen-bond donors (Lipinski definition) is 1. The fourth-order valence-corrected chi connectivity index (χ4v) is 5.60. The number of pyridine rings is 1. The quantitative estimate of drug-likeness (QED) is 0.638. The van der Waals surface area contributed by atoms with Crippen molar-refractivity contribution in [2.45, 2.75) is 50.1 Å². The van der Waals surface area contributed by atoms with E-state index in [-0.39, 0.29) is 18.1 Å². The van der Waals surface area contributed by atoms with Gasteiger partial charge >= 0.3 is 0 Å². The number of hydrogen-bond acceptors (Lipinski definition) is 10. The molecule has 0 saturated carbocycles. The standard InChI is InChI=1S/C25H31N5O5S/c1-14-9-33-12-16-13-35-21-22(25(2,3)36(4,31)32)28-23(29-24(21)30(14)16)20-17-6-5-7-18(17)26-8-19(20)27-15-10-34-11-15/h5-6,8,14-16,27H,7,9-13H2,1-4H3/t14-,16+/m1/s1. The second kappa shape index (κ2) is 8.39. The Morgan fingerprint density at radius 3 is 2.61 bits per heavy atom. The number of anilines is 2. The molecule has 2 saturated heterocycles. The van der Waals surface area contributed by atoms with Crippen molar-refractivity contribution in [1.82, 2.24) is 15.0 Å². The van der Waals surface area contributed by atoms with Gasteiger partial charge < -0.3 is 24.4 Å². The molecule has 2 fully saturated rings. The zero-order valence-electron chi connectivity index (χ0n) is 20.9. The summed E-state index contributed by atoms with van der Waals surface area (Å²) in [6.45, 7) is 8.13. The number of aromatic nitrogens is 3. The molecular weight excluding hydrogens is 482 g/mol. The molecule has 2 aromatic rings. The van der Waals surface area contributed by atoms with E-state index in [9.17, 15) is 8.42 Å². The Labute approximate surface area is 211 Å². The predicted octanol–water partition coefficient (Wildman–Crippen LogP) is 2.18. The van der Waals surface area contributed by atoms with E-state index in [0.29, 0.717) is 56.1 Å². The summed E-state index contributed by atoms with van der Waals surface area (Å²) in [4.78, 5) is 16.9. The molecule has 2 atom stereocenters. The van der Waals surface area contributed by atoms with Gasteiger partial charge in [-0.25, -0.2) is 18.4 Å². The van der Waals surface area contributed by atoms with Crippen LogP contribution in [0.4, 0.5) is 11.5 Å². The first-order valence-corrected chi connectivity index (χ1v) is 14.2. The molecule has 0 bridgehead atoms. The molecule has 192 valence electrons. The van der Waals surface area contributed by atoms with Crippen LogP contribution in [0.1, 0.15) is 37.7 Å². The minimum Gasteiger partial charge on any atom is -0.486 e. The third kappa shape index (κ3) is 3.67. The van der Waals surface area contributed by atoms with Crippen LogP contribution in [0.25, 0.3) is 17.5 Å². The maximum absolute atomic E-state index is 13.0. The number of sulfone groups is 1. The summed E-state index contributed by atoms with van der Waals surface area (Å²) in [7, 11) is -3.54. The third-order valence-corrected chi connectivity index (χ3v) is 9.61. The number of fused-ring (bicyclic) bond motifs is 4. The third-order valence-electron chi connectivity index (χ3n) is 7.56. The number of ether oxygens (including phenoxy) is 3. The lowest BCUT2D eigenvalue weighted by atomic mass is 10.0.